The second-order valence-electron chi connectivity index (χ2n) is 4.34. The molecular formula is C14H14ClN3O3S. The zero-order chi connectivity index (χ0) is 16.2. The molecule has 2 aromatic carbocycles. The highest BCUT2D eigenvalue weighted by atomic mass is 35.5. The van der Waals surface area contributed by atoms with Crippen molar-refractivity contribution in [3.05, 3.63) is 59.6 Å². The monoisotopic (exact) mass is 339 g/mol. The second-order valence-corrected chi connectivity index (χ2v) is 6.61. The van der Waals surface area contributed by atoms with E-state index in [1.165, 1.54) is 18.2 Å². The Morgan fingerprint density at radius 1 is 1.09 bits per heavy atom. The van der Waals surface area contributed by atoms with Crippen LogP contribution in [0.3, 0.4) is 0 Å². The maximum atomic E-state index is 12.8. The highest BCUT2D eigenvalue weighted by Crippen LogP contribution is 2.29. The Morgan fingerprint density at radius 3 is 2.27 bits per heavy atom. The van der Waals surface area contributed by atoms with Crippen molar-refractivity contribution in [2.75, 3.05) is 10.8 Å². The van der Waals surface area contributed by atoms with Gasteiger partial charge in [-0.2, -0.15) is 0 Å². The van der Waals surface area contributed by atoms with Crippen LogP contribution in [-0.2, 0) is 14.8 Å². The molecule has 0 spiro atoms. The van der Waals surface area contributed by atoms with Crippen molar-refractivity contribution in [2.24, 2.45) is 5.84 Å². The fourth-order valence-corrected chi connectivity index (χ4v) is 3.60. The smallest absolute Gasteiger partial charge is 0.264 e. The molecule has 6 nitrogen and oxygen atoms in total. The summed E-state index contributed by atoms with van der Waals surface area (Å²) in [6.07, 6.45) is 0. The Labute approximate surface area is 133 Å². The van der Waals surface area contributed by atoms with Gasteiger partial charge in [0.25, 0.3) is 15.9 Å². The molecule has 22 heavy (non-hydrogen) atoms. The van der Waals surface area contributed by atoms with E-state index < -0.39 is 22.5 Å². The molecule has 116 valence electrons. The van der Waals surface area contributed by atoms with E-state index in [2.05, 4.69) is 0 Å². The summed E-state index contributed by atoms with van der Waals surface area (Å²) in [6.45, 7) is -0.475. The highest BCUT2D eigenvalue weighted by molar-refractivity contribution is 7.92. The molecule has 0 aliphatic heterocycles. The van der Waals surface area contributed by atoms with Crippen molar-refractivity contribution in [2.45, 2.75) is 4.90 Å². The number of hydrogen-bond acceptors (Lipinski definition) is 4. The van der Waals surface area contributed by atoms with Gasteiger partial charge in [-0.15, -0.1) is 0 Å². The summed E-state index contributed by atoms with van der Waals surface area (Å²) in [5, 5.41) is 0.215. The van der Waals surface area contributed by atoms with Crippen LogP contribution in [0.25, 0.3) is 0 Å². The molecule has 2 aromatic rings. The van der Waals surface area contributed by atoms with Crippen LogP contribution >= 0.6 is 11.6 Å². The molecule has 0 radical (unpaired) electrons. The maximum Gasteiger partial charge on any atom is 0.264 e. The number of anilines is 1. The van der Waals surface area contributed by atoms with Gasteiger partial charge in [0.05, 0.1) is 15.6 Å². The normalized spacial score (nSPS) is 11.0. The number of carbonyl (C=O) groups is 1. The molecule has 2 rings (SSSR count). The Balaban J connectivity index is 2.54. The van der Waals surface area contributed by atoms with E-state index in [0.717, 1.165) is 4.31 Å². The third-order valence-electron chi connectivity index (χ3n) is 2.90. The van der Waals surface area contributed by atoms with Crippen molar-refractivity contribution in [3.8, 4) is 0 Å². The van der Waals surface area contributed by atoms with Crippen molar-refractivity contribution < 1.29 is 13.2 Å². The number of nitrogens with zero attached hydrogens (tertiary/aromatic N) is 1. The van der Waals surface area contributed by atoms with Gasteiger partial charge in [0.15, 0.2) is 0 Å². The van der Waals surface area contributed by atoms with Crippen LogP contribution in [0.2, 0.25) is 5.02 Å². The number of hydrazine groups is 1. The summed E-state index contributed by atoms with van der Waals surface area (Å²) in [6, 6.07) is 14.2. The Kier molecular flexibility index (Phi) is 5.02. The highest BCUT2D eigenvalue weighted by Gasteiger charge is 2.28. The summed E-state index contributed by atoms with van der Waals surface area (Å²) in [4.78, 5) is 11.7. The minimum absolute atomic E-state index is 0.0553. The minimum atomic E-state index is -3.95. The molecule has 3 N–H and O–H groups in total. The fraction of sp³-hybridized carbons (Fsp3) is 0.0714. The van der Waals surface area contributed by atoms with Crippen molar-refractivity contribution in [3.63, 3.8) is 0 Å². The number of halogens is 1. The third-order valence-corrected chi connectivity index (χ3v) is 4.99. The predicted molar refractivity (Wildman–Crippen MR) is 84.8 cm³/mol. The Hall–Kier alpha value is -2.09. The first-order chi connectivity index (χ1) is 10.5. The summed E-state index contributed by atoms with van der Waals surface area (Å²) in [5.41, 5.74) is 2.13. The molecule has 0 heterocycles. The zero-order valence-electron chi connectivity index (χ0n) is 11.4. The average Bonchev–Trinajstić information content (AvgIpc) is 2.54. The standard InChI is InChI=1S/C14H14ClN3O3S/c15-12-8-4-5-9-13(12)18(10-14(19)17-16)22(20,21)11-6-2-1-3-7-11/h1-9H,10,16H2,(H,17,19). The molecular weight excluding hydrogens is 326 g/mol. The van der Waals surface area contributed by atoms with E-state index in [1.807, 2.05) is 5.43 Å². The molecule has 8 heteroatoms. The van der Waals surface area contributed by atoms with E-state index in [4.69, 9.17) is 17.4 Å². The zero-order valence-corrected chi connectivity index (χ0v) is 13.0. The molecule has 0 aliphatic rings. The van der Waals surface area contributed by atoms with Crippen molar-refractivity contribution in [1.82, 2.24) is 5.43 Å². The predicted octanol–water partition coefficient (Wildman–Crippen LogP) is 1.53. The number of para-hydroxylation sites is 1. The SMILES string of the molecule is NNC(=O)CN(c1ccccc1Cl)S(=O)(=O)c1ccccc1. The van der Waals surface area contributed by atoms with E-state index in [-0.39, 0.29) is 15.6 Å². The molecule has 0 bridgehead atoms. The lowest BCUT2D eigenvalue weighted by atomic mass is 10.3. The number of benzene rings is 2. The molecule has 0 unspecified atom stereocenters. The number of nitrogens with one attached hydrogen (secondary N) is 1. The number of hydrogen-bond donors (Lipinski definition) is 2. The third kappa shape index (κ3) is 3.38. The van der Waals surface area contributed by atoms with Crippen LogP contribution < -0.4 is 15.6 Å². The molecule has 0 saturated heterocycles. The Morgan fingerprint density at radius 2 is 1.68 bits per heavy atom. The van der Waals surface area contributed by atoms with E-state index in [0.29, 0.717) is 0 Å². The number of rotatable bonds is 5. The molecule has 1 amide bonds. The van der Waals surface area contributed by atoms with Gasteiger partial charge < -0.3 is 0 Å². The van der Waals surface area contributed by atoms with Gasteiger partial charge >= 0.3 is 0 Å². The lowest BCUT2D eigenvalue weighted by Gasteiger charge is -2.24. The first-order valence-corrected chi connectivity index (χ1v) is 8.10. The van der Waals surface area contributed by atoms with E-state index in [9.17, 15) is 13.2 Å². The van der Waals surface area contributed by atoms with E-state index >= 15 is 0 Å². The first-order valence-electron chi connectivity index (χ1n) is 6.28. The fourth-order valence-electron chi connectivity index (χ4n) is 1.85. The summed E-state index contributed by atoms with van der Waals surface area (Å²) in [5.74, 6) is 4.41. The van der Waals surface area contributed by atoms with Gasteiger partial charge in [0.1, 0.15) is 6.54 Å². The maximum absolute atomic E-state index is 12.8. The topological polar surface area (TPSA) is 92.5 Å². The number of sulfonamides is 1. The summed E-state index contributed by atoms with van der Waals surface area (Å²) >= 11 is 6.07. The average molecular weight is 340 g/mol. The molecule has 0 saturated carbocycles. The van der Waals surface area contributed by atoms with Gasteiger partial charge in [-0.05, 0) is 24.3 Å². The van der Waals surface area contributed by atoms with Crippen LogP contribution in [0, 0.1) is 0 Å². The van der Waals surface area contributed by atoms with Gasteiger partial charge in [0.2, 0.25) is 0 Å². The first kappa shape index (κ1) is 16.3. The van der Waals surface area contributed by atoms with Crippen LogP contribution in [0.15, 0.2) is 59.5 Å². The van der Waals surface area contributed by atoms with E-state index in [1.54, 1.807) is 36.4 Å². The lowest BCUT2D eigenvalue weighted by Crippen LogP contribution is -2.43. The number of carbonyl (C=O) groups excluding carboxylic acids is 1. The summed E-state index contributed by atoms with van der Waals surface area (Å²) < 4.78 is 26.5. The second kappa shape index (κ2) is 6.78. The lowest BCUT2D eigenvalue weighted by molar-refractivity contribution is -0.119. The number of amides is 1. The molecule has 0 fully saturated rings. The van der Waals surface area contributed by atoms with Crippen molar-refractivity contribution >= 4 is 33.2 Å². The molecule has 0 aliphatic carbocycles. The van der Waals surface area contributed by atoms with Crippen LogP contribution in [0.1, 0.15) is 0 Å². The van der Waals surface area contributed by atoms with Gasteiger partial charge in [0, 0.05) is 0 Å². The Bertz CT molecular complexity index is 766. The largest absolute Gasteiger partial charge is 0.293 e. The van der Waals surface area contributed by atoms with Gasteiger partial charge in [-0.1, -0.05) is 41.9 Å². The van der Waals surface area contributed by atoms with Gasteiger partial charge in [-0.25, -0.2) is 14.3 Å². The minimum Gasteiger partial charge on any atom is -0.293 e. The van der Waals surface area contributed by atoms with Gasteiger partial charge in [-0.3, -0.25) is 14.5 Å². The van der Waals surface area contributed by atoms with Crippen molar-refractivity contribution in [1.29, 1.82) is 0 Å². The van der Waals surface area contributed by atoms with Crippen LogP contribution in [-0.4, -0.2) is 20.9 Å². The van der Waals surface area contributed by atoms with Crippen LogP contribution in [0.4, 0.5) is 5.69 Å². The quantitative estimate of drug-likeness (QED) is 0.491. The number of nitrogens with two attached hydrogens (primary N) is 1. The van der Waals surface area contributed by atoms with Crippen LogP contribution in [0.5, 0.6) is 0 Å². The molecule has 0 aromatic heterocycles. The summed E-state index contributed by atoms with van der Waals surface area (Å²) in [7, 11) is -3.95. The molecule has 0 atom stereocenters.